The molecule has 4 aromatic rings. The highest BCUT2D eigenvalue weighted by molar-refractivity contribution is 7.90. The highest BCUT2D eigenvalue weighted by Crippen LogP contribution is 2.40. The van der Waals surface area contributed by atoms with Crippen molar-refractivity contribution >= 4 is 61.4 Å². The molecular formula is C26H27Cl3N6O3S. The Hall–Kier alpha value is -2.63. The van der Waals surface area contributed by atoms with Gasteiger partial charge in [0.05, 0.1) is 26.1 Å². The number of sulfone groups is 1. The Bertz CT molecular complexity index is 1670. The summed E-state index contributed by atoms with van der Waals surface area (Å²) in [6.45, 7) is 5.28. The summed E-state index contributed by atoms with van der Waals surface area (Å²) < 4.78 is 31.8. The molecule has 1 N–H and O–H groups in total. The number of ether oxygens (including phenoxy) is 1. The van der Waals surface area contributed by atoms with E-state index in [1.54, 1.807) is 24.4 Å². The number of nitrogens with zero attached hydrogens (tertiary/aromatic N) is 5. The smallest absolute Gasteiger partial charge is 0.179 e. The molecule has 1 fully saturated rings. The van der Waals surface area contributed by atoms with Crippen molar-refractivity contribution in [2.75, 3.05) is 38.3 Å². The molecule has 4 heterocycles. The zero-order valence-corrected chi connectivity index (χ0v) is 25.0. The van der Waals surface area contributed by atoms with E-state index in [1.807, 2.05) is 25.9 Å². The van der Waals surface area contributed by atoms with E-state index in [2.05, 4.69) is 32.0 Å². The van der Waals surface area contributed by atoms with Crippen molar-refractivity contribution in [1.29, 1.82) is 0 Å². The number of aromatic nitrogens is 4. The van der Waals surface area contributed by atoms with Crippen LogP contribution in [0.15, 0.2) is 41.7 Å². The number of H-pyrrole nitrogens is 1. The Kier molecular flexibility index (Phi) is 7.22. The van der Waals surface area contributed by atoms with E-state index < -0.39 is 15.9 Å². The molecular weight excluding hydrogens is 583 g/mol. The molecule has 5 rings (SSSR count). The molecule has 0 saturated carbocycles. The molecule has 0 amide bonds. The zero-order chi connectivity index (χ0) is 28.3. The second kappa shape index (κ2) is 10.1. The first-order valence-electron chi connectivity index (χ1n) is 12.0. The average Bonchev–Trinajstić information content (AvgIpc) is 3.23. The number of likely N-dealkylation sites (N-methyl/N-ethyl adjacent to an activating group) is 1. The van der Waals surface area contributed by atoms with Crippen LogP contribution in [0.25, 0.3) is 22.2 Å². The summed E-state index contributed by atoms with van der Waals surface area (Å²) >= 11 is 19.1. The minimum atomic E-state index is -3.58. The van der Waals surface area contributed by atoms with Gasteiger partial charge in [-0.15, -0.1) is 0 Å². The van der Waals surface area contributed by atoms with E-state index >= 15 is 0 Å². The van der Waals surface area contributed by atoms with Crippen LogP contribution in [0.3, 0.4) is 0 Å². The summed E-state index contributed by atoms with van der Waals surface area (Å²) in [5, 5.41) is 9.21. The van der Waals surface area contributed by atoms with E-state index in [1.165, 1.54) is 18.6 Å². The van der Waals surface area contributed by atoms with Gasteiger partial charge < -0.3 is 14.5 Å². The lowest BCUT2D eigenvalue weighted by Gasteiger charge is -2.52. The van der Waals surface area contributed by atoms with E-state index in [-0.39, 0.29) is 10.4 Å². The molecule has 1 unspecified atom stereocenters. The molecule has 0 bridgehead atoms. The Balaban J connectivity index is 1.52. The monoisotopic (exact) mass is 608 g/mol. The molecule has 13 heteroatoms. The first-order chi connectivity index (χ1) is 18.3. The van der Waals surface area contributed by atoms with Crippen LogP contribution in [0.5, 0.6) is 5.75 Å². The lowest BCUT2D eigenvalue weighted by atomic mass is 9.91. The van der Waals surface area contributed by atoms with Crippen molar-refractivity contribution in [3.05, 3.63) is 57.4 Å². The van der Waals surface area contributed by atoms with Crippen LogP contribution in [-0.2, 0) is 9.84 Å². The predicted octanol–water partition coefficient (Wildman–Crippen LogP) is 5.66. The molecule has 0 radical (unpaired) electrons. The predicted molar refractivity (Wildman–Crippen MR) is 155 cm³/mol. The van der Waals surface area contributed by atoms with Gasteiger partial charge in [-0.1, -0.05) is 34.8 Å². The fraction of sp³-hybridized carbons (Fsp3) is 0.346. The molecule has 1 aliphatic rings. The van der Waals surface area contributed by atoms with Gasteiger partial charge in [0.2, 0.25) is 0 Å². The molecule has 0 aliphatic carbocycles. The summed E-state index contributed by atoms with van der Waals surface area (Å²) in [5.74, 6) is 0.826. The van der Waals surface area contributed by atoms with Crippen LogP contribution < -0.4 is 9.64 Å². The third kappa shape index (κ3) is 5.16. The third-order valence-corrected chi connectivity index (χ3v) is 9.16. The summed E-state index contributed by atoms with van der Waals surface area (Å²) in [4.78, 5) is 12.8. The van der Waals surface area contributed by atoms with Crippen LogP contribution in [0.2, 0.25) is 15.1 Å². The van der Waals surface area contributed by atoms with Crippen LogP contribution >= 0.6 is 34.8 Å². The Morgan fingerprint density at radius 2 is 1.74 bits per heavy atom. The number of hydrogen-bond donors (Lipinski definition) is 1. The molecule has 3 aromatic heterocycles. The van der Waals surface area contributed by atoms with Crippen molar-refractivity contribution in [3.63, 3.8) is 0 Å². The van der Waals surface area contributed by atoms with E-state index in [4.69, 9.17) is 39.5 Å². The van der Waals surface area contributed by atoms with Crippen molar-refractivity contribution in [1.82, 2.24) is 25.1 Å². The summed E-state index contributed by atoms with van der Waals surface area (Å²) in [6, 6.07) is 5.07. The molecule has 1 aliphatic heterocycles. The summed E-state index contributed by atoms with van der Waals surface area (Å²) in [5.41, 5.74) is 2.26. The lowest BCUT2D eigenvalue weighted by molar-refractivity contribution is 0.132. The van der Waals surface area contributed by atoms with E-state index in [0.29, 0.717) is 67.4 Å². The molecule has 1 aromatic carbocycles. The highest BCUT2D eigenvalue weighted by atomic mass is 35.5. The van der Waals surface area contributed by atoms with Crippen LogP contribution in [0.4, 0.5) is 5.82 Å². The molecule has 1 saturated heterocycles. The minimum Gasteiger partial charge on any atom is -0.484 e. The van der Waals surface area contributed by atoms with Gasteiger partial charge in [0.1, 0.15) is 28.3 Å². The van der Waals surface area contributed by atoms with Crippen LogP contribution in [-0.4, -0.2) is 72.5 Å². The molecule has 1 atom stereocenters. The number of pyridine rings is 2. The standard InChI is InChI=1S/C26H27Cl3N6O3S/c1-14(23-18(28)10-30-11-19(23)29)38-21-7-16-20(8-17(21)27)32-33-24(16)15-6-22(39(5,36)37)25(31-9-15)35-12-26(2,13-35)34(3)4/h6-11,14H,12-13H2,1-5H3,(H,32,33). The van der Waals surface area contributed by atoms with Crippen molar-refractivity contribution < 1.29 is 13.2 Å². The Labute approximate surface area is 242 Å². The zero-order valence-electron chi connectivity index (χ0n) is 22.0. The van der Waals surface area contributed by atoms with Gasteiger partial charge in [0.25, 0.3) is 0 Å². The van der Waals surface area contributed by atoms with Gasteiger partial charge in [0, 0.05) is 54.4 Å². The highest BCUT2D eigenvalue weighted by Gasteiger charge is 2.42. The molecule has 206 valence electrons. The third-order valence-electron chi connectivity index (χ3n) is 7.16. The quantitative estimate of drug-likeness (QED) is 0.286. The molecule has 39 heavy (non-hydrogen) atoms. The van der Waals surface area contributed by atoms with Gasteiger partial charge in [-0.3, -0.25) is 10.1 Å². The van der Waals surface area contributed by atoms with Crippen molar-refractivity contribution in [2.24, 2.45) is 0 Å². The maximum Gasteiger partial charge on any atom is 0.179 e. The van der Waals surface area contributed by atoms with Gasteiger partial charge in [-0.05, 0) is 46.1 Å². The second-order valence-corrected chi connectivity index (χ2v) is 13.4. The van der Waals surface area contributed by atoms with Gasteiger partial charge in [0.15, 0.2) is 9.84 Å². The fourth-order valence-electron chi connectivity index (χ4n) is 4.67. The van der Waals surface area contributed by atoms with Gasteiger partial charge in [-0.2, -0.15) is 5.10 Å². The van der Waals surface area contributed by atoms with Gasteiger partial charge in [-0.25, -0.2) is 13.4 Å². The number of aromatic amines is 1. The largest absolute Gasteiger partial charge is 0.484 e. The van der Waals surface area contributed by atoms with Crippen molar-refractivity contribution in [2.45, 2.75) is 30.4 Å². The number of halogens is 3. The maximum absolute atomic E-state index is 12.8. The summed E-state index contributed by atoms with van der Waals surface area (Å²) in [7, 11) is 0.446. The first-order valence-corrected chi connectivity index (χ1v) is 15.1. The lowest BCUT2D eigenvalue weighted by Crippen LogP contribution is -2.67. The molecule has 9 nitrogen and oxygen atoms in total. The Morgan fingerprint density at radius 1 is 1.08 bits per heavy atom. The van der Waals surface area contributed by atoms with Crippen LogP contribution in [0, 0.1) is 0 Å². The SMILES string of the molecule is CC(Oc1cc2c(-c3cnc(N4CC(C)(N(C)C)C4)c(S(C)(=O)=O)c3)n[nH]c2cc1Cl)c1c(Cl)cncc1Cl. The number of benzene rings is 1. The first kappa shape index (κ1) is 27.9. The van der Waals surface area contributed by atoms with E-state index in [9.17, 15) is 8.42 Å². The maximum atomic E-state index is 12.8. The number of hydrogen-bond acceptors (Lipinski definition) is 8. The number of anilines is 1. The summed E-state index contributed by atoms with van der Waals surface area (Å²) in [6.07, 6.45) is 5.30. The molecule has 0 spiro atoms. The second-order valence-electron chi connectivity index (χ2n) is 10.2. The van der Waals surface area contributed by atoms with Gasteiger partial charge >= 0.3 is 0 Å². The fourth-order valence-corrected chi connectivity index (χ4v) is 6.41. The number of rotatable bonds is 7. The van der Waals surface area contributed by atoms with Crippen molar-refractivity contribution in [3.8, 4) is 17.0 Å². The van der Waals surface area contributed by atoms with E-state index in [0.717, 1.165) is 0 Å². The normalized spacial score (nSPS) is 16.0. The number of fused-ring (bicyclic) bond motifs is 1. The topological polar surface area (TPSA) is 104 Å². The minimum absolute atomic E-state index is 0.0506. The average molecular weight is 610 g/mol. The number of nitrogens with one attached hydrogen (secondary N) is 1. The van der Waals surface area contributed by atoms with Crippen LogP contribution in [0.1, 0.15) is 25.5 Å². The Morgan fingerprint density at radius 3 is 2.36 bits per heavy atom.